The van der Waals surface area contributed by atoms with Crippen LogP contribution in [0.25, 0.3) is 11.0 Å². The van der Waals surface area contributed by atoms with Crippen LogP contribution in [0.4, 0.5) is 5.00 Å². The molecule has 6 nitrogen and oxygen atoms in total. The lowest BCUT2D eigenvalue weighted by Crippen LogP contribution is -2.16. The fourth-order valence-electron chi connectivity index (χ4n) is 2.96. The number of Topliss-reactive ketones (excluding diaryl/α,β-unsaturated/α-hetero) is 1. The molecule has 0 fully saturated rings. The molecule has 3 aromatic rings. The molecular weight excluding hydrogens is 366 g/mol. The second-order valence-electron chi connectivity index (χ2n) is 6.29. The van der Waals surface area contributed by atoms with Gasteiger partial charge < -0.3 is 14.5 Å². The molecule has 0 aliphatic rings. The van der Waals surface area contributed by atoms with Crippen molar-refractivity contribution >= 4 is 45.0 Å². The lowest BCUT2D eigenvalue weighted by Gasteiger charge is -2.06. The average Bonchev–Trinajstić information content (AvgIpc) is 3.15. The van der Waals surface area contributed by atoms with Crippen LogP contribution in [0.1, 0.15) is 43.6 Å². The summed E-state index contributed by atoms with van der Waals surface area (Å²) in [5, 5.41) is 3.94. The number of thiophene rings is 1. The molecule has 140 valence electrons. The van der Waals surface area contributed by atoms with Gasteiger partial charge in [0.05, 0.1) is 30.2 Å². The average molecular weight is 385 g/mol. The lowest BCUT2D eigenvalue weighted by atomic mass is 10.1. The van der Waals surface area contributed by atoms with Crippen molar-refractivity contribution in [1.29, 1.82) is 0 Å². The van der Waals surface area contributed by atoms with E-state index in [0.29, 0.717) is 21.0 Å². The van der Waals surface area contributed by atoms with Gasteiger partial charge in [-0.1, -0.05) is 11.6 Å². The number of ether oxygens (including phenoxy) is 1. The number of hydrogen-bond donors (Lipinski definition) is 1. The third-order valence-electron chi connectivity index (χ3n) is 4.27. The van der Waals surface area contributed by atoms with Crippen LogP contribution in [0.3, 0.4) is 0 Å². The van der Waals surface area contributed by atoms with Crippen molar-refractivity contribution in [2.45, 2.75) is 27.2 Å². The molecule has 0 saturated heterocycles. The third kappa shape index (κ3) is 3.64. The molecule has 7 heteroatoms. The van der Waals surface area contributed by atoms with Gasteiger partial charge in [0.15, 0.2) is 5.78 Å². The van der Waals surface area contributed by atoms with Crippen LogP contribution in [-0.4, -0.2) is 24.8 Å². The lowest BCUT2D eigenvalue weighted by molar-refractivity contribution is -0.115. The SMILES string of the molecule is COC(=O)c1c(NC(=O)Cc2coc3ccc(C)cc23)sc(C(C)=O)c1C. The number of nitrogens with one attached hydrogen (secondary N) is 1. The Balaban J connectivity index is 1.89. The Morgan fingerprint density at radius 3 is 2.63 bits per heavy atom. The Labute approximate surface area is 160 Å². The van der Waals surface area contributed by atoms with Gasteiger partial charge in [-0.05, 0) is 38.5 Å². The molecule has 0 bridgehead atoms. The molecular formula is C20H19NO5S. The number of esters is 1. The molecule has 1 aromatic carbocycles. The molecule has 2 heterocycles. The standard InChI is InChI=1S/C20H19NO5S/c1-10-5-6-15-14(7-10)13(9-26-15)8-16(23)21-19-17(20(24)25-4)11(2)18(27-19)12(3)22/h5-7,9H,8H2,1-4H3,(H,21,23). The fourth-order valence-corrected chi connectivity index (χ4v) is 4.07. The molecule has 3 rings (SSSR count). The second-order valence-corrected chi connectivity index (χ2v) is 7.31. The van der Waals surface area contributed by atoms with Crippen molar-refractivity contribution in [3.05, 3.63) is 51.6 Å². The van der Waals surface area contributed by atoms with Gasteiger partial charge in [-0.3, -0.25) is 9.59 Å². The minimum absolute atomic E-state index is 0.0867. The van der Waals surface area contributed by atoms with E-state index in [4.69, 9.17) is 9.15 Å². The number of fused-ring (bicyclic) bond motifs is 1. The summed E-state index contributed by atoms with van der Waals surface area (Å²) in [6.45, 7) is 5.06. The highest BCUT2D eigenvalue weighted by Gasteiger charge is 2.25. The summed E-state index contributed by atoms with van der Waals surface area (Å²) >= 11 is 1.08. The quantitative estimate of drug-likeness (QED) is 0.523. The van der Waals surface area contributed by atoms with E-state index in [9.17, 15) is 14.4 Å². The highest BCUT2D eigenvalue weighted by atomic mass is 32.1. The first kappa shape index (κ1) is 18.8. The predicted octanol–water partition coefficient (Wildman–Crippen LogP) is 4.28. The van der Waals surface area contributed by atoms with Gasteiger partial charge in [-0.25, -0.2) is 4.79 Å². The highest BCUT2D eigenvalue weighted by molar-refractivity contribution is 7.18. The molecule has 0 radical (unpaired) electrons. The van der Waals surface area contributed by atoms with Crippen molar-refractivity contribution in [1.82, 2.24) is 0 Å². The zero-order valence-corrected chi connectivity index (χ0v) is 16.3. The molecule has 0 aliphatic carbocycles. The zero-order valence-electron chi connectivity index (χ0n) is 15.5. The number of anilines is 1. The van der Waals surface area contributed by atoms with E-state index in [1.54, 1.807) is 13.2 Å². The molecule has 0 unspecified atom stereocenters. The number of hydrogen-bond acceptors (Lipinski definition) is 6. The summed E-state index contributed by atoms with van der Waals surface area (Å²) in [5.41, 5.74) is 3.27. The number of aryl methyl sites for hydroxylation is 1. The summed E-state index contributed by atoms with van der Waals surface area (Å²) in [6.07, 6.45) is 1.65. The van der Waals surface area contributed by atoms with Crippen LogP contribution < -0.4 is 5.32 Å². The van der Waals surface area contributed by atoms with Crippen LogP contribution >= 0.6 is 11.3 Å². The van der Waals surface area contributed by atoms with Crippen LogP contribution in [-0.2, 0) is 16.0 Å². The Hall–Kier alpha value is -2.93. The monoisotopic (exact) mass is 385 g/mol. The Kier molecular flexibility index (Phi) is 5.14. The first-order valence-electron chi connectivity index (χ1n) is 8.31. The Bertz CT molecular complexity index is 1060. The van der Waals surface area contributed by atoms with Crippen LogP contribution in [0, 0.1) is 13.8 Å². The topological polar surface area (TPSA) is 85.6 Å². The minimum atomic E-state index is -0.587. The normalized spacial score (nSPS) is 10.8. The maximum atomic E-state index is 12.6. The number of rotatable bonds is 5. The van der Waals surface area contributed by atoms with Gasteiger partial charge in [0.25, 0.3) is 0 Å². The Morgan fingerprint density at radius 2 is 1.96 bits per heavy atom. The zero-order chi connectivity index (χ0) is 19.7. The Morgan fingerprint density at radius 1 is 1.22 bits per heavy atom. The largest absolute Gasteiger partial charge is 0.465 e. The predicted molar refractivity (Wildman–Crippen MR) is 104 cm³/mol. The minimum Gasteiger partial charge on any atom is -0.465 e. The number of carbonyl (C=O) groups is 3. The maximum absolute atomic E-state index is 12.6. The molecule has 0 atom stereocenters. The van der Waals surface area contributed by atoms with Crippen LogP contribution in [0.2, 0.25) is 0 Å². The molecule has 1 N–H and O–H groups in total. The number of benzene rings is 1. The molecule has 0 aliphatic heterocycles. The van der Waals surface area contributed by atoms with Crippen molar-refractivity contribution in [3.63, 3.8) is 0 Å². The first-order chi connectivity index (χ1) is 12.8. The fraction of sp³-hybridized carbons (Fsp3) is 0.250. The van der Waals surface area contributed by atoms with E-state index >= 15 is 0 Å². The molecule has 1 amide bonds. The smallest absolute Gasteiger partial charge is 0.341 e. The van der Waals surface area contributed by atoms with E-state index in [0.717, 1.165) is 27.8 Å². The van der Waals surface area contributed by atoms with Gasteiger partial charge in [0, 0.05) is 10.9 Å². The number of methoxy groups -OCH3 is 1. The van der Waals surface area contributed by atoms with E-state index in [1.807, 2.05) is 25.1 Å². The van der Waals surface area contributed by atoms with Crippen molar-refractivity contribution < 1.29 is 23.5 Å². The number of ketones is 1. The van der Waals surface area contributed by atoms with E-state index < -0.39 is 5.97 Å². The summed E-state index contributed by atoms with van der Waals surface area (Å²) < 4.78 is 10.3. The van der Waals surface area contributed by atoms with Gasteiger partial charge in [0.2, 0.25) is 5.91 Å². The van der Waals surface area contributed by atoms with Gasteiger partial charge in [-0.15, -0.1) is 11.3 Å². The summed E-state index contributed by atoms with van der Waals surface area (Å²) in [7, 11) is 1.26. The number of carbonyl (C=O) groups excluding carboxylic acids is 3. The third-order valence-corrected chi connectivity index (χ3v) is 5.58. The highest BCUT2D eigenvalue weighted by Crippen LogP contribution is 2.34. The van der Waals surface area contributed by atoms with Gasteiger partial charge >= 0.3 is 5.97 Å². The summed E-state index contributed by atoms with van der Waals surface area (Å²) in [4.78, 5) is 36.9. The molecule has 27 heavy (non-hydrogen) atoms. The van der Waals surface area contributed by atoms with E-state index in [2.05, 4.69) is 5.32 Å². The molecule has 2 aromatic heterocycles. The van der Waals surface area contributed by atoms with Crippen molar-refractivity contribution in [2.24, 2.45) is 0 Å². The number of furan rings is 1. The second kappa shape index (κ2) is 7.36. The number of amides is 1. The first-order valence-corrected chi connectivity index (χ1v) is 9.12. The van der Waals surface area contributed by atoms with E-state index in [-0.39, 0.29) is 23.7 Å². The summed E-state index contributed by atoms with van der Waals surface area (Å²) in [6, 6.07) is 5.77. The van der Waals surface area contributed by atoms with Crippen molar-refractivity contribution in [3.8, 4) is 0 Å². The molecule has 0 saturated carbocycles. The van der Waals surface area contributed by atoms with E-state index in [1.165, 1.54) is 14.0 Å². The molecule has 0 spiro atoms. The van der Waals surface area contributed by atoms with Gasteiger partial charge in [-0.2, -0.15) is 0 Å². The van der Waals surface area contributed by atoms with Crippen LogP contribution in [0.5, 0.6) is 0 Å². The summed E-state index contributed by atoms with van der Waals surface area (Å²) in [5.74, 6) is -1.06. The van der Waals surface area contributed by atoms with Crippen molar-refractivity contribution in [2.75, 3.05) is 12.4 Å². The van der Waals surface area contributed by atoms with Crippen LogP contribution in [0.15, 0.2) is 28.9 Å². The van der Waals surface area contributed by atoms with Gasteiger partial charge in [0.1, 0.15) is 10.6 Å². The maximum Gasteiger partial charge on any atom is 0.341 e.